The van der Waals surface area contributed by atoms with Crippen LogP contribution in [-0.2, 0) is 18.2 Å². The lowest BCUT2D eigenvalue weighted by Gasteiger charge is -2.11. The summed E-state index contributed by atoms with van der Waals surface area (Å²) in [6, 6.07) is 0. The second-order valence-corrected chi connectivity index (χ2v) is 3.94. The van der Waals surface area contributed by atoms with E-state index in [-0.39, 0.29) is 12.0 Å². The highest BCUT2D eigenvalue weighted by Crippen LogP contribution is 2.16. The quantitative estimate of drug-likeness (QED) is 0.777. The number of amides is 1. The van der Waals surface area contributed by atoms with Crippen LogP contribution in [0.5, 0.6) is 0 Å². The maximum Gasteiger partial charge on any atom is 0.271 e. The molecule has 0 spiro atoms. The average Bonchev–Trinajstić information content (AvgIpc) is 2.60. The SMILES string of the molecule is CCc1nn(C)c(C(=O)NCC(C)OC)c1N. The lowest BCUT2D eigenvalue weighted by Crippen LogP contribution is -2.33. The maximum atomic E-state index is 11.9. The number of nitrogen functional groups attached to an aromatic ring is 1. The number of aryl methyl sites for hydroxylation is 2. The summed E-state index contributed by atoms with van der Waals surface area (Å²) in [7, 11) is 3.31. The molecule has 0 aliphatic carbocycles. The van der Waals surface area contributed by atoms with Crippen molar-refractivity contribution < 1.29 is 9.53 Å². The van der Waals surface area contributed by atoms with E-state index in [0.717, 1.165) is 5.69 Å². The Morgan fingerprint density at radius 3 is 2.76 bits per heavy atom. The number of nitrogens with one attached hydrogen (secondary N) is 1. The Morgan fingerprint density at radius 1 is 1.65 bits per heavy atom. The van der Waals surface area contributed by atoms with Gasteiger partial charge in [0.15, 0.2) is 0 Å². The van der Waals surface area contributed by atoms with E-state index in [0.29, 0.717) is 24.3 Å². The molecule has 0 saturated heterocycles. The summed E-state index contributed by atoms with van der Waals surface area (Å²) in [4.78, 5) is 11.9. The fourth-order valence-corrected chi connectivity index (χ4v) is 1.53. The molecule has 0 bridgehead atoms. The molecular weight excluding hydrogens is 220 g/mol. The van der Waals surface area contributed by atoms with E-state index < -0.39 is 0 Å². The maximum absolute atomic E-state index is 11.9. The molecule has 96 valence electrons. The minimum atomic E-state index is -0.221. The van der Waals surface area contributed by atoms with Gasteiger partial charge in [0.1, 0.15) is 5.69 Å². The van der Waals surface area contributed by atoms with Gasteiger partial charge in [-0.15, -0.1) is 0 Å². The van der Waals surface area contributed by atoms with Crippen LogP contribution in [0, 0.1) is 0 Å². The number of anilines is 1. The van der Waals surface area contributed by atoms with Crippen LogP contribution in [-0.4, -0.2) is 35.4 Å². The van der Waals surface area contributed by atoms with E-state index in [1.807, 2.05) is 13.8 Å². The van der Waals surface area contributed by atoms with E-state index in [9.17, 15) is 4.79 Å². The molecule has 1 unspecified atom stereocenters. The van der Waals surface area contributed by atoms with E-state index >= 15 is 0 Å². The predicted molar refractivity (Wildman–Crippen MR) is 65.8 cm³/mol. The minimum Gasteiger partial charge on any atom is -0.395 e. The van der Waals surface area contributed by atoms with Gasteiger partial charge in [-0.2, -0.15) is 5.10 Å². The molecule has 0 aromatic carbocycles. The Kier molecular flexibility index (Phi) is 4.51. The summed E-state index contributed by atoms with van der Waals surface area (Å²) in [5, 5.41) is 6.96. The van der Waals surface area contributed by atoms with Crippen LogP contribution in [0.25, 0.3) is 0 Å². The summed E-state index contributed by atoms with van der Waals surface area (Å²) in [5.74, 6) is -0.221. The number of methoxy groups -OCH3 is 1. The van der Waals surface area contributed by atoms with Crippen LogP contribution in [0.1, 0.15) is 30.0 Å². The molecule has 0 fully saturated rings. The van der Waals surface area contributed by atoms with Gasteiger partial charge in [-0.1, -0.05) is 6.92 Å². The van der Waals surface area contributed by atoms with Crippen LogP contribution in [0.15, 0.2) is 0 Å². The van der Waals surface area contributed by atoms with Crippen LogP contribution in [0.3, 0.4) is 0 Å². The van der Waals surface area contributed by atoms with Crippen LogP contribution >= 0.6 is 0 Å². The number of nitrogens with two attached hydrogens (primary N) is 1. The molecule has 1 atom stereocenters. The average molecular weight is 240 g/mol. The molecule has 6 nitrogen and oxygen atoms in total. The zero-order chi connectivity index (χ0) is 13.0. The van der Waals surface area contributed by atoms with Crippen LogP contribution in [0.4, 0.5) is 5.69 Å². The Labute approximate surface area is 101 Å². The molecule has 1 aromatic heterocycles. The van der Waals surface area contributed by atoms with E-state index in [4.69, 9.17) is 10.5 Å². The van der Waals surface area contributed by atoms with Gasteiger partial charge in [-0.05, 0) is 13.3 Å². The Hall–Kier alpha value is -1.56. The van der Waals surface area contributed by atoms with Gasteiger partial charge in [0.05, 0.1) is 17.5 Å². The molecule has 17 heavy (non-hydrogen) atoms. The normalized spacial score (nSPS) is 12.5. The first-order valence-electron chi connectivity index (χ1n) is 5.63. The molecule has 0 aliphatic rings. The number of hydrogen-bond donors (Lipinski definition) is 2. The number of carbonyl (C=O) groups is 1. The third-order valence-corrected chi connectivity index (χ3v) is 2.66. The highest BCUT2D eigenvalue weighted by Gasteiger charge is 2.19. The van der Waals surface area contributed by atoms with Crippen molar-refractivity contribution in [2.45, 2.75) is 26.4 Å². The topological polar surface area (TPSA) is 82.2 Å². The molecule has 0 saturated carbocycles. The standard InChI is InChI=1S/C11H20N4O2/c1-5-8-9(12)10(15(3)14-8)11(16)13-6-7(2)17-4/h7H,5-6,12H2,1-4H3,(H,13,16). The van der Waals surface area contributed by atoms with Gasteiger partial charge in [0.25, 0.3) is 5.91 Å². The second-order valence-electron chi connectivity index (χ2n) is 3.94. The molecule has 1 rings (SSSR count). The van der Waals surface area contributed by atoms with Crippen LogP contribution in [0.2, 0.25) is 0 Å². The molecule has 1 amide bonds. The third kappa shape index (κ3) is 2.97. The number of rotatable bonds is 5. The van der Waals surface area contributed by atoms with E-state index in [2.05, 4.69) is 10.4 Å². The number of aromatic nitrogens is 2. The zero-order valence-corrected chi connectivity index (χ0v) is 10.8. The lowest BCUT2D eigenvalue weighted by molar-refractivity contribution is 0.0863. The summed E-state index contributed by atoms with van der Waals surface area (Å²) in [6.07, 6.45) is 0.681. The van der Waals surface area contributed by atoms with Crippen molar-refractivity contribution in [3.05, 3.63) is 11.4 Å². The number of carbonyl (C=O) groups excluding carboxylic acids is 1. The highest BCUT2D eigenvalue weighted by atomic mass is 16.5. The fourth-order valence-electron chi connectivity index (χ4n) is 1.53. The van der Waals surface area contributed by atoms with Crippen molar-refractivity contribution in [1.82, 2.24) is 15.1 Å². The predicted octanol–water partition coefficient (Wildman–Crippen LogP) is 0.329. The lowest BCUT2D eigenvalue weighted by atomic mass is 10.2. The van der Waals surface area contributed by atoms with Gasteiger partial charge in [0.2, 0.25) is 0 Å². The molecule has 0 radical (unpaired) electrons. The van der Waals surface area contributed by atoms with E-state index in [1.54, 1.807) is 14.2 Å². The van der Waals surface area contributed by atoms with Crippen molar-refractivity contribution >= 4 is 11.6 Å². The number of ether oxygens (including phenoxy) is 1. The third-order valence-electron chi connectivity index (χ3n) is 2.66. The van der Waals surface area contributed by atoms with Crippen molar-refractivity contribution in [1.29, 1.82) is 0 Å². The number of nitrogens with zero attached hydrogens (tertiary/aromatic N) is 2. The molecular formula is C11H20N4O2. The van der Waals surface area contributed by atoms with Crippen LogP contribution < -0.4 is 11.1 Å². The second kappa shape index (κ2) is 5.67. The Morgan fingerprint density at radius 2 is 2.29 bits per heavy atom. The van der Waals surface area contributed by atoms with Gasteiger partial charge in [-0.3, -0.25) is 9.48 Å². The largest absolute Gasteiger partial charge is 0.395 e. The fraction of sp³-hybridized carbons (Fsp3) is 0.636. The Bertz CT molecular complexity index is 400. The van der Waals surface area contributed by atoms with Crippen molar-refractivity contribution in [2.24, 2.45) is 7.05 Å². The summed E-state index contributed by atoms with van der Waals surface area (Å²) < 4.78 is 6.57. The molecule has 6 heteroatoms. The molecule has 1 heterocycles. The number of hydrogen-bond acceptors (Lipinski definition) is 4. The molecule has 0 aliphatic heterocycles. The van der Waals surface area contributed by atoms with Gasteiger partial charge in [0, 0.05) is 20.7 Å². The molecule has 1 aromatic rings. The van der Waals surface area contributed by atoms with Gasteiger partial charge >= 0.3 is 0 Å². The first-order chi connectivity index (χ1) is 8.01. The first kappa shape index (κ1) is 13.5. The molecule has 3 N–H and O–H groups in total. The zero-order valence-electron chi connectivity index (χ0n) is 10.8. The van der Waals surface area contributed by atoms with Crippen molar-refractivity contribution in [3.63, 3.8) is 0 Å². The minimum absolute atomic E-state index is 0.0287. The first-order valence-corrected chi connectivity index (χ1v) is 5.63. The highest BCUT2D eigenvalue weighted by molar-refractivity contribution is 5.97. The monoisotopic (exact) mass is 240 g/mol. The van der Waals surface area contributed by atoms with Gasteiger partial charge in [-0.25, -0.2) is 0 Å². The van der Waals surface area contributed by atoms with Crippen molar-refractivity contribution in [2.75, 3.05) is 19.4 Å². The van der Waals surface area contributed by atoms with Gasteiger partial charge < -0.3 is 15.8 Å². The summed E-state index contributed by atoms with van der Waals surface area (Å²) in [6.45, 7) is 4.28. The summed E-state index contributed by atoms with van der Waals surface area (Å²) in [5.41, 5.74) is 7.49. The Balaban J connectivity index is 2.78. The summed E-state index contributed by atoms with van der Waals surface area (Å²) >= 11 is 0. The van der Waals surface area contributed by atoms with E-state index in [1.165, 1.54) is 4.68 Å². The smallest absolute Gasteiger partial charge is 0.271 e. The van der Waals surface area contributed by atoms with Crippen molar-refractivity contribution in [3.8, 4) is 0 Å².